The topological polar surface area (TPSA) is 47.0 Å². The molecule has 0 saturated carbocycles. The van der Waals surface area contributed by atoms with Crippen LogP contribution in [0.4, 0.5) is 5.95 Å². The van der Waals surface area contributed by atoms with Gasteiger partial charge in [0.15, 0.2) is 0 Å². The highest BCUT2D eigenvalue weighted by atomic mass is 35.5. The Kier molecular flexibility index (Phi) is 5.48. The lowest BCUT2D eigenvalue weighted by Gasteiger charge is -2.29. The number of ether oxygens (including phenoxy) is 1. The second-order valence-electron chi connectivity index (χ2n) is 4.12. The number of nitrogens with zero attached hydrogens (tertiary/aromatic N) is 2. The van der Waals surface area contributed by atoms with Crippen molar-refractivity contribution in [3.63, 3.8) is 0 Å². The summed E-state index contributed by atoms with van der Waals surface area (Å²) < 4.78 is 5.05. The first kappa shape index (κ1) is 14.0. The first-order valence-corrected chi connectivity index (χ1v) is 6.40. The van der Waals surface area contributed by atoms with Crippen molar-refractivity contribution in [1.82, 2.24) is 9.97 Å². The molecule has 0 atom stereocenters. The molecule has 0 aromatic carbocycles. The lowest BCUT2D eigenvalue weighted by Crippen LogP contribution is -2.30. The molecule has 0 spiro atoms. The molecular weight excluding hydrogens is 238 g/mol. The average Bonchev–Trinajstić information content (AvgIpc) is 2.41. The van der Waals surface area contributed by atoms with Gasteiger partial charge in [0.05, 0.1) is 7.11 Å². The molecular formula is C12H20ClN3O. The standard InChI is InChI=1S/C12H20ClN3O/c1-4-12(5-2,8-13)9-15-11-14-7-6-10(16-11)17-3/h6-7H,4-5,8-9H2,1-3H3,(H,14,15,16). The first-order chi connectivity index (χ1) is 8.19. The number of halogens is 1. The third-order valence-electron chi connectivity index (χ3n) is 3.24. The third kappa shape index (κ3) is 3.73. The molecule has 0 saturated heterocycles. The molecule has 0 fully saturated rings. The van der Waals surface area contributed by atoms with Crippen LogP contribution in [0.5, 0.6) is 5.88 Å². The van der Waals surface area contributed by atoms with Gasteiger partial charge in [-0.2, -0.15) is 4.98 Å². The molecule has 0 amide bonds. The molecule has 5 heteroatoms. The van der Waals surface area contributed by atoms with E-state index in [1.807, 2.05) is 0 Å². The zero-order chi connectivity index (χ0) is 12.7. The summed E-state index contributed by atoms with van der Waals surface area (Å²) in [4.78, 5) is 8.36. The third-order valence-corrected chi connectivity index (χ3v) is 3.81. The Labute approximate surface area is 108 Å². The molecule has 96 valence electrons. The monoisotopic (exact) mass is 257 g/mol. The van der Waals surface area contributed by atoms with Crippen molar-refractivity contribution < 1.29 is 4.74 Å². The van der Waals surface area contributed by atoms with E-state index < -0.39 is 0 Å². The summed E-state index contributed by atoms with van der Waals surface area (Å²) in [5, 5.41) is 3.23. The van der Waals surface area contributed by atoms with Gasteiger partial charge in [-0.15, -0.1) is 11.6 Å². The minimum absolute atomic E-state index is 0.105. The summed E-state index contributed by atoms with van der Waals surface area (Å²) in [7, 11) is 1.59. The van der Waals surface area contributed by atoms with Gasteiger partial charge < -0.3 is 10.1 Å². The zero-order valence-electron chi connectivity index (χ0n) is 10.7. The van der Waals surface area contributed by atoms with Gasteiger partial charge in [0.1, 0.15) is 0 Å². The predicted molar refractivity (Wildman–Crippen MR) is 70.8 cm³/mol. The summed E-state index contributed by atoms with van der Waals surface area (Å²) >= 11 is 6.04. The van der Waals surface area contributed by atoms with Crippen LogP contribution in [0.1, 0.15) is 26.7 Å². The summed E-state index contributed by atoms with van der Waals surface area (Å²) in [6, 6.07) is 1.72. The van der Waals surface area contributed by atoms with Gasteiger partial charge in [-0.1, -0.05) is 13.8 Å². The van der Waals surface area contributed by atoms with Gasteiger partial charge in [-0.3, -0.25) is 0 Å². The molecule has 0 unspecified atom stereocenters. The van der Waals surface area contributed by atoms with E-state index in [9.17, 15) is 0 Å². The molecule has 0 radical (unpaired) electrons. The van der Waals surface area contributed by atoms with E-state index in [0.29, 0.717) is 17.7 Å². The minimum Gasteiger partial charge on any atom is -0.481 e. The molecule has 17 heavy (non-hydrogen) atoms. The van der Waals surface area contributed by atoms with Gasteiger partial charge in [0.2, 0.25) is 11.8 Å². The highest BCUT2D eigenvalue weighted by Crippen LogP contribution is 2.28. The zero-order valence-corrected chi connectivity index (χ0v) is 11.4. The number of aromatic nitrogens is 2. The molecule has 1 N–H and O–H groups in total. The second-order valence-corrected chi connectivity index (χ2v) is 4.38. The Morgan fingerprint density at radius 3 is 2.65 bits per heavy atom. The van der Waals surface area contributed by atoms with Crippen molar-refractivity contribution in [3.05, 3.63) is 12.3 Å². The van der Waals surface area contributed by atoms with Crippen LogP contribution in [0.3, 0.4) is 0 Å². The number of hydrogen-bond acceptors (Lipinski definition) is 4. The molecule has 0 bridgehead atoms. The lowest BCUT2D eigenvalue weighted by molar-refractivity contribution is 0.326. The fourth-order valence-electron chi connectivity index (χ4n) is 1.54. The Hall–Kier alpha value is -1.03. The smallest absolute Gasteiger partial charge is 0.225 e. The van der Waals surface area contributed by atoms with Gasteiger partial charge in [0.25, 0.3) is 0 Å². The van der Waals surface area contributed by atoms with Crippen molar-refractivity contribution in [2.45, 2.75) is 26.7 Å². The fraction of sp³-hybridized carbons (Fsp3) is 0.667. The average molecular weight is 258 g/mol. The van der Waals surface area contributed by atoms with Crippen molar-refractivity contribution in [2.24, 2.45) is 5.41 Å². The van der Waals surface area contributed by atoms with Crippen LogP contribution in [-0.2, 0) is 0 Å². The Balaban J connectivity index is 2.65. The second kappa shape index (κ2) is 6.64. The maximum atomic E-state index is 6.04. The van der Waals surface area contributed by atoms with Crippen LogP contribution in [0, 0.1) is 5.41 Å². The number of alkyl halides is 1. The molecule has 0 aliphatic heterocycles. The van der Waals surface area contributed by atoms with Crippen LogP contribution in [-0.4, -0.2) is 29.5 Å². The van der Waals surface area contributed by atoms with E-state index in [4.69, 9.17) is 16.3 Å². The Morgan fingerprint density at radius 1 is 1.41 bits per heavy atom. The van der Waals surface area contributed by atoms with Gasteiger partial charge in [-0.05, 0) is 12.8 Å². The van der Waals surface area contributed by atoms with Crippen LogP contribution in [0.15, 0.2) is 12.3 Å². The van der Waals surface area contributed by atoms with Crippen LogP contribution in [0.25, 0.3) is 0 Å². The number of nitrogens with one attached hydrogen (secondary N) is 1. The molecule has 4 nitrogen and oxygen atoms in total. The maximum Gasteiger partial charge on any atom is 0.225 e. The number of rotatable bonds is 7. The van der Waals surface area contributed by atoms with Crippen LogP contribution in [0.2, 0.25) is 0 Å². The molecule has 1 aromatic heterocycles. The number of methoxy groups -OCH3 is 1. The van der Waals surface area contributed by atoms with E-state index >= 15 is 0 Å². The summed E-state index contributed by atoms with van der Waals surface area (Å²) in [6.45, 7) is 5.08. The van der Waals surface area contributed by atoms with Crippen LogP contribution < -0.4 is 10.1 Å². The first-order valence-electron chi connectivity index (χ1n) is 5.86. The summed E-state index contributed by atoms with van der Waals surface area (Å²) in [6.07, 6.45) is 3.74. The van der Waals surface area contributed by atoms with Gasteiger partial charge in [-0.25, -0.2) is 4.98 Å². The maximum absolute atomic E-state index is 6.04. The van der Waals surface area contributed by atoms with E-state index in [1.165, 1.54) is 0 Å². The molecule has 1 heterocycles. The quantitative estimate of drug-likeness (QED) is 0.763. The SMILES string of the molecule is CCC(CC)(CCl)CNc1nccc(OC)n1. The summed E-state index contributed by atoms with van der Waals surface area (Å²) in [5.74, 6) is 1.78. The lowest BCUT2D eigenvalue weighted by atomic mass is 9.84. The molecule has 1 aromatic rings. The fourth-order valence-corrected chi connectivity index (χ4v) is 2.02. The normalized spacial score (nSPS) is 11.3. The molecule has 1 rings (SSSR count). The van der Waals surface area contributed by atoms with Crippen molar-refractivity contribution in [2.75, 3.05) is 24.9 Å². The predicted octanol–water partition coefficient (Wildman–Crippen LogP) is 2.94. The van der Waals surface area contributed by atoms with Gasteiger partial charge >= 0.3 is 0 Å². The van der Waals surface area contributed by atoms with Crippen molar-refractivity contribution in [3.8, 4) is 5.88 Å². The van der Waals surface area contributed by atoms with Crippen LogP contribution >= 0.6 is 11.6 Å². The van der Waals surface area contributed by atoms with E-state index in [0.717, 1.165) is 19.4 Å². The largest absolute Gasteiger partial charge is 0.481 e. The minimum atomic E-state index is 0.105. The van der Waals surface area contributed by atoms with E-state index in [1.54, 1.807) is 19.4 Å². The van der Waals surface area contributed by atoms with Gasteiger partial charge in [0, 0.05) is 30.1 Å². The van der Waals surface area contributed by atoms with Crippen molar-refractivity contribution in [1.29, 1.82) is 0 Å². The van der Waals surface area contributed by atoms with E-state index in [2.05, 4.69) is 29.1 Å². The number of anilines is 1. The van der Waals surface area contributed by atoms with Crippen molar-refractivity contribution >= 4 is 17.5 Å². The Morgan fingerprint density at radius 2 is 2.12 bits per heavy atom. The highest BCUT2D eigenvalue weighted by molar-refractivity contribution is 6.18. The molecule has 0 aliphatic rings. The van der Waals surface area contributed by atoms with E-state index in [-0.39, 0.29) is 5.41 Å². The summed E-state index contributed by atoms with van der Waals surface area (Å²) in [5.41, 5.74) is 0.105. The number of hydrogen-bond donors (Lipinski definition) is 1. The highest BCUT2D eigenvalue weighted by Gasteiger charge is 2.25. The molecule has 0 aliphatic carbocycles. The Bertz CT molecular complexity index is 334.